The van der Waals surface area contributed by atoms with E-state index < -0.39 is 0 Å². The first-order valence-corrected chi connectivity index (χ1v) is 8.71. The number of hydrogen-bond donors (Lipinski definition) is 3. The lowest BCUT2D eigenvalue weighted by Crippen LogP contribution is -2.32. The van der Waals surface area contributed by atoms with Gasteiger partial charge in [0.25, 0.3) is 0 Å². The summed E-state index contributed by atoms with van der Waals surface area (Å²) in [7, 11) is 0. The maximum absolute atomic E-state index is 12.0. The quantitative estimate of drug-likeness (QED) is 0.584. The summed E-state index contributed by atoms with van der Waals surface area (Å²) in [4.78, 5) is 24.6. The van der Waals surface area contributed by atoms with Crippen LogP contribution in [0, 0.1) is 20.8 Å². The van der Waals surface area contributed by atoms with Crippen molar-refractivity contribution in [2.24, 2.45) is 0 Å². The number of amides is 2. The van der Waals surface area contributed by atoms with Gasteiger partial charge in [-0.2, -0.15) is 0 Å². The summed E-state index contributed by atoms with van der Waals surface area (Å²) in [6.45, 7) is 6.97. The number of rotatable bonds is 6. The molecule has 0 aliphatic rings. The topological polar surface area (TPSA) is 96.8 Å². The van der Waals surface area contributed by atoms with E-state index in [0.717, 1.165) is 22.9 Å². The van der Waals surface area contributed by atoms with Crippen LogP contribution in [0.15, 0.2) is 43.0 Å². The molecule has 3 rings (SSSR count). The Morgan fingerprint density at radius 2 is 1.89 bits per heavy atom. The zero-order valence-electron chi connectivity index (χ0n) is 15.7. The third kappa shape index (κ3) is 4.81. The second kappa shape index (κ2) is 8.31. The zero-order chi connectivity index (χ0) is 19.2. The molecule has 0 unspecified atom stereocenters. The molecule has 0 fully saturated rings. The fourth-order valence-corrected chi connectivity index (χ4v) is 2.56. The van der Waals surface area contributed by atoms with Crippen molar-refractivity contribution < 1.29 is 4.79 Å². The fourth-order valence-electron chi connectivity index (χ4n) is 2.56. The number of aromatic nitrogens is 4. The summed E-state index contributed by atoms with van der Waals surface area (Å²) in [5.74, 6) is 2.27. The average Bonchev–Trinajstić information content (AvgIpc) is 3.08. The molecule has 0 atom stereocenters. The molecule has 3 aromatic rings. The first kappa shape index (κ1) is 18.4. The Morgan fingerprint density at radius 3 is 2.63 bits per heavy atom. The molecule has 2 aromatic heterocycles. The van der Waals surface area contributed by atoms with Gasteiger partial charge in [-0.1, -0.05) is 6.07 Å². The Balaban J connectivity index is 1.47. The zero-order valence-corrected chi connectivity index (χ0v) is 15.7. The number of urea groups is 1. The monoisotopic (exact) mass is 365 g/mol. The summed E-state index contributed by atoms with van der Waals surface area (Å²) in [5.41, 5.74) is 3.11. The van der Waals surface area contributed by atoms with E-state index in [4.69, 9.17) is 0 Å². The van der Waals surface area contributed by atoms with E-state index in [1.54, 1.807) is 6.20 Å². The molecule has 8 nitrogen and oxygen atoms in total. The van der Waals surface area contributed by atoms with Crippen LogP contribution < -0.4 is 16.0 Å². The molecular weight excluding hydrogens is 342 g/mol. The number of nitrogens with zero attached hydrogens (tertiary/aromatic N) is 4. The summed E-state index contributed by atoms with van der Waals surface area (Å²) in [6, 6.07) is 7.43. The molecule has 2 heterocycles. The van der Waals surface area contributed by atoms with Gasteiger partial charge in [0.05, 0.1) is 0 Å². The van der Waals surface area contributed by atoms with Crippen molar-refractivity contribution in [1.82, 2.24) is 24.8 Å². The molecule has 140 valence electrons. The van der Waals surface area contributed by atoms with Gasteiger partial charge in [0.15, 0.2) is 0 Å². The van der Waals surface area contributed by atoms with E-state index in [0.29, 0.717) is 18.9 Å². The molecule has 27 heavy (non-hydrogen) atoms. The Morgan fingerprint density at radius 1 is 1.04 bits per heavy atom. The molecule has 2 amide bonds. The van der Waals surface area contributed by atoms with Gasteiger partial charge in [-0.3, -0.25) is 4.57 Å². The number of nitrogens with one attached hydrogen (secondary N) is 3. The highest BCUT2D eigenvalue weighted by atomic mass is 16.2. The maximum atomic E-state index is 12.0. The summed E-state index contributed by atoms with van der Waals surface area (Å²) >= 11 is 0. The van der Waals surface area contributed by atoms with Crippen molar-refractivity contribution in [1.29, 1.82) is 0 Å². The van der Waals surface area contributed by atoms with E-state index >= 15 is 0 Å². The lowest BCUT2D eigenvalue weighted by Gasteiger charge is -2.11. The highest BCUT2D eigenvalue weighted by Crippen LogP contribution is 2.14. The second-order valence-corrected chi connectivity index (χ2v) is 6.21. The molecular formula is C19H23N7O. The molecule has 0 saturated carbocycles. The summed E-state index contributed by atoms with van der Waals surface area (Å²) < 4.78 is 1.88. The van der Waals surface area contributed by atoms with Gasteiger partial charge in [-0.15, -0.1) is 0 Å². The van der Waals surface area contributed by atoms with Crippen LogP contribution >= 0.6 is 0 Å². The Labute approximate surface area is 158 Å². The summed E-state index contributed by atoms with van der Waals surface area (Å²) in [5, 5.41) is 8.82. The van der Waals surface area contributed by atoms with Gasteiger partial charge >= 0.3 is 6.03 Å². The van der Waals surface area contributed by atoms with Gasteiger partial charge in [-0.25, -0.2) is 19.7 Å². The molecule has 0 saturated heterocycles. The molecule has 0 radical (unpaired) electrons. The molecule has 3 N–H and O–H groups in total. The average molecular weight is 365 g/mol. The van der Waals surface area contributed by atoms with E-state index in [-0.39, 0.29) is 6.03 Å². The van der Waals surface area contributed by atoms with Gasteiger partial charge in [0.2, 0.25) is 0 Å². The highest BCUT2D eigenvalue weighted by molar-refractivity contribution is 5.89. The van der Waals surface area contributed by atoms with E-state index in [9.17, 15) is 4.79 Å². The van der Waals surface area contributed by atoms with Crippen LogP contribution in [0.25, 0.3) is 5.82 Å². The van der Waals surface area contributed by atoms with Crippen molar-refractivity contribution in [2.45, 2.75) is 20.8 Å². The highest BCUT2D eigenvalue weighted by Gasteiger charge is 2.05. The van der Waals surface area contributed by atoms with E-state index in [2.05, 4.69) is 30.9 Å². The first-order chi connectivity index (χ1) is 13.0. The SMILES string of the molecule is Cc1ccc(NC(=O)NCCNc2cc(-n3ccnc3C)ncn2)cc1C. The van der Waals surface area contributed by atoms with Crippen molar-refractivity contribution in [2.75, 3.05) is 23.7 Å². The minimum Gasteiger partial charge on any atom is -0.368 e. The van der Waals surface area contributed by atoms with Crippen LogP contribution in [0.5, 0.6) is 0 Å². The van der Waals surface area contributed by atoms with Crippen molar-refractivity contribution in [3.05, 3.63) is 59.9 Å². The largest absolute Gasteiger partial charge is 0.368 e. The molecule has 0 bridgehead atoms. The van der Waals surface area contributed by atoms with Crippen LogP contribution in [0.1, 0.15) is 17.0 Å². The third-order valence-corrected chi connectivity index (χ3v) is 4.21. The second-order valence-electron chi connectivity index (χ2n) is 6.21. The first-order valence-electron chi connectivity index (χ1n) is 8.71. The molecule has 0 aliphatic carbocycles. The molecule has 0 aliphatic heterocycles. The predicted octanol–water partition coefficient (Wildman–Crippen LogP) is 2.82. The van der Waals surface area contributed by atoms with Crippen LogP contribution in [0.3, 0.4) is 0 Å². The number of carbonyl (C=O) groups is 1. The van der Waals surface area contributed by atoms with Gasteiger partial charge in [-0.05, 0) is 44.0 Å². The number of hydrogen-bond acceptors (Lipinski definition) is 5. The van der Waals surface area contributed by atoms with Gasteiger partial charge in [0.1, 0.15) is 23.8 Å². The molecule has 8 heteroatoms. The smallest absolute Gasteiger partial charge is 0.319 e. The van der Waals surface area contributed by atoms with Crippen molar-refractivity contribution in [3.63, 3.8) is 0 Å². The van der Waals surface area contributed by atoms with Crippen LogP contribution in [-0.2, 0) is 0 Å². The number of benzene rings is 1. The Hall–Kier alpha value is -3.42. The van der Waals surface area contributed by atoms with Crippen LogP contribution in [0.4, 0.5) is 16.3 Å². The predicted molar refractivity (Wildman–Crippen MR) is 105 cm³/mol. The number of imidazole rings is 1. The lowest BCUT2D eigenvalue weighted by molar-refractivity contribution is 0.252. The maximum Gasteiger partial charge on any atom is 0.319 e. The minimum absolute atomic E-state index is 0.238. The third-order valence-electron chi connectivity index (χ3n) is 4.21. The molecule has 1 aromatic carbocycles. The van der Waals surface area contributed by atoms with Crippen molar-refractivity contribution in [3.8, 4) is 5.82 Å². The van der Waals surface area contributed by atoms with Crippen LogP contribution in [-0.4, -0.2) is 38.6 Å². The number of aryl methyl sites for hydroxylation is 3. The van der Waals surface area contributed by atoms with Gasteiger partial charge in [0, 0.05) is 37.2 Å². The number of anilines is 2. The van der Waals surface area contributed by atoms with E-state index in [1.807, 2.05) is 55.8 Å². The standard InChI is InChI=1S/C19H23N7O/c1-13-4-5-16(10-14(13)2)25-19(27)22-7-6-21-17-11-18(24-12-23-17)26-9-8-20-15(26)3/h4-5,8-12H,6-7H2,1-3H3,(H,21,23,24)(H2,22,25,27). The summed E-state index contributed by atoms with van der Waals surface area (Å²) in [6.07, 6.45) is 5.07. The number of carbonyl (C=O) groups excluding carboxylic acids is 1. The fraction of sp³-hybridized carbons (Fsp3) is 0.263. The lowest BCUT2D eigenvalue weighted by atomic mass is 10.1. The Bertz CT molecular complexity index is 935. The van der Waals surface area contributed by atoms with Crippen molar-refractivity contribution >= 4 is 17.5 Å². The normalized spacial score (nSPS) is 10.5. The van der Waals surface area contributed by atoms with E-state index in [1.165, 1.54) is 11.9 Å². The van der Waals surface area contributed by atoms with Crippen LogP contribution in [0.2, 0.25) is 0 Å². The Kier molecular flexibility index (Phi) is 5.65. The minimum atomic E-state index is -0.238. The van der Waals surface area contributed by atoms with Gasteiger partial charge < -0.3 is 16.0 Å². The molecule has 0 spiro atoms.